The summed E-state index contributed by atoms with van der Waals surface area (Å²) in [6.07, 6.45) is 2.20. The van der Waals surface area contributed by atoms with Crippen LogP contribution in [0.1, 0.15) is 63.9 Å². The van der Waals surface area contributed by atoms with Crippen LogP contribution in [0.5, 0.6) is 0 Å². The van der Waals surface area contributed by atoms with Crippen LogP contribution in [0, 0.1) is 20.8 Å². The van der Waals surface area contributed by atoms with Gasteiger partial charge < -0.3 is 14.1 Å². The van der Waals surface area contributed by atoms with Gasteiger partial charge in [-0.2, -0.15) is 5.10 Å². The smallest absolute Gasteiger partial charge is 0.292 e. The van der Waals surface area contributed by atoms with Crippen molar-refractivity contribution in [2.45, 2.75) is 45.6 Å². The van der Waals surface area contributed by atoms with Gasteiger partial charge in [-0.05, 0) is 33.6 Å². The summed E-state index contributed by atoms with van der Waals surface area (Å²) >= 11 is 0. The molecule has 1 atom stereocenters. The Labute approximate surface area is 140 Å². The highest BCUT2D eigenvalue weighted by Gasteiger charge is 2.36. The number of morpholine rings is 1. The molecule has 7 heteroatoms. The molecule has 3 heterocycles. The zero-order chi connectivity index (χ0) is 16.8. The van der Waals surface area contributed by atoms with Crippen LogP contribution in [-0.4, -0.2) is 45.7 Å². The number of carbonyl (C=O) groups excluding carboxylic acids is 1. The minimum atomic E-state index is -0.154. The van der Waals surface area contributed by atoms with Gasteiger partial charge in [0.1, 0.15) is 0 Å². The molecule has 0 bridgehead atoms. The first kappa shape index (κ1) is 15.4. The molecule has 1 saturated carbocycles. The van der Waals surface area contributed by atoms with Crippen LogP contribution in [0.4, 0.5) is 0 Å². The third-order valence-electron chi connectivity index (χ3n) is 4.84. The van der Waals surface area contributed by atoms with Crippen molar-refractivity contribution in [3.05, 3.63) is 34.3 Å². The Kier molecular flexibility index (Phi) is 3.68. The van der Waals surface area contributed by atoms with Gasteiger partial charge in [0.25, 0.3) is 5.91 Å². The van der Waals surface area contributed by atoms with Gasteiger partial charge in [-0.1, -0.05) is 0 Å². The Morgan fingerprint density at radius 2 is 2.04 bits per heavy atom. The lowest BCUT2D eigenvalue weighted by Crippen LogP contribution is -2.43. The number of aromatic amines is 1. The molecule has 1 saturated heterocycles. The quantitative estimate of drug-likeness (QED) is 0.934. The Hall–Kier alpha value is -2.15. The normalized spacial score (nSPS) is 21.3. The second kappa shape index (κ2) is 5.73. The maximum Gasteiger partial charge on any atom is 0.292 e. The van der Waals surface area contributed by atoms with Gasteiger partial charge in [0.15, 0.2) is 5.89 Å². The predicted octanol–water partition coefficient (Wildman–Crippen LogP) is 2.41. The van der Waals surface area contributed by atoms with Crippen molar-refractivity contribution in [1.29, 1.82) is 0 Å². The van der Waals surface area contributed by atoms with Gasteiger partial charge in [0, 0.05) is 23.7 Å². The zero-order valence-corrected chi connectivity index (χ0v) is 14.3. The standard InChI is InChI=1S/C17H22N4O3/c1-9-14(10(2)20-19-9)13-8-23-7-6-21(13)17(22)15-11(3)18-16(24-15)12-4-5-12/h12-13H,4-8H2,1-3H3,(H,19,20). The van der Waals surface area contributed by atoms with Crippen LogP contribution in [-0.2, 0) is 4.74 Å². The van der Waals surface area contributed by atoms with Gasteiger partial charge >= 0.3 is 0 Å². The Bertz CT molecular complexity index is 755. The van der Waals surface area contributed by atoms with Crippen molar-refractivity contribution < 1.29 is 13.9 Å². The molecule has 0 radical (unpaired) electrons. The molecule has 0 aromatic carbocycles. The third kappa shape index (κ3) is 2.53. The average molecular weight is 330 g/mol. The van der Waals surface area contributed by atoms with E-state index in [2.05, 4.69) is 15.2 Å². The zero-order valence-electron chi connectivity index (χ0n) is 14.3. The summed E-state index contributed by atoms with van der Waals surface area (Å²) in [5.41, 5.74) is 3.57. The van der Waals surface area contributed by atoms with Crippen molar-refractivity contribution in [3.63, 3.8) is 0 Å². The number of carbonyl (C=O) groups is 1. The summed E-state index contributed by atoms with van der Waals surface area (Å²) in [5.74, 6) is 1.35. The van der Waals surface area contributed by atoms with E-state index in [-0.39, 0.29) is 11.9 Å². The second-order valence-corrected chi connectivity index (χ2v) is 6.68. The van der Waals surface area contributed by atoms with E-state index in [9.17, 15) is 4.79 Å². The Balaban J connectivity index is 1.66. The number of nitrogens with zero attached hydrogens (tertiary/aromatic N) is 3. The van der Waals surface area contributed by atoms with Crippen LogP contribution < -0.4 is 0 Å². The maximum atomic E-state index is 13.1. The monoisotopic (exact) mass is 330 g/mol. The minimum Gasteiger partial charge on any atom is -0.435 e. The van der Waals surface area contributed by atoms with Crippen molar-refractivity contribution >= 4 is 5.91 Å². The first-order valence-electron chi connectivity index (χ1n) is 8.43. The Morgan fingerprint density at radius 1 is 1.25 bits per heavy atom. The van der Waals surface area contributed by atoms with Gasteiger partial charge in [-0.3, -0.25) is 9.89 Å². The molecule has 1 N–H and O–H groups in total. The van der Waals surface area contributed by atoms with Gasteiger partial charge in [-0.15, -0.1) is 0 Å². The lowest BCUT2D eigenvalue weighted by molar-refractivity contribution is -0.00469. The second-order valence-electron chi connectivity index (χ2n) is 6.68. The SMILES string of the molecule is Cc1nc(C2CC2)oc1C(=O)N1CCOCC1c1c(C)n[nH]c1C. The summed E-state index contributed by atoms with van der Waals surface area (Å²) in [6.45, 7) is 7.29. The van der Waals surface area contributed by atoms with E-state index in [0.717, 1.165) is 29.8 Å². The molecule has 2 aromatic rings. The summed E-state index contributed by atoms with van der Waals surface area (Å²) in [5, 5.41) is 7.25. The summed E-state index contributed by atoms with van der Waals surface area (Å²) in [6, 6.07) is -0.154. The number of aryl methyl sites for hydroxylation is 3. The molecule has 128 valence electrons. The number of oxazole rings is 1. The number of hydrogen-bond acceptors (Lipinski definition) is 5. The lowest BCUT2D eigenvalue weighted by Gasteiger charge is -2.35. The van der Waals surface area contributed by atoms with Crippen LogP contribution in [0.2, 0.25) is 0 Å². The van der Waals surface area contributed by atoms with Crippen molar-refractivity contribution in [3.8, 4) is 0 Å². The van der Waals surface area contributed by atoms with Crippen LogP contribution >= 0.6 is 0 Å². The van der Waals surface area contributed by atoms with Crippen LogP contribution in [0.15, 0.2) is 4.42 Å². The van der Waals surface area contributed by atoms with E-state index in [0.29, 0.717) is 43.0 Å². The molecular weight excluding hydrogens is 308 g/mol. The molecule has 1 amide bonds. The van der Waals surface area contributed by atoms with E-state index >= 15 is 0 Å². The third-order valence-corrected chi connectivity index (χ3v) is 4.84. The molecule has 1 unspecified atom stereocenters. The van der Waals surface area contributed by atoms with E-state index < -0.39 is 0 Å². The van der Waals surface area contributed by atoms with E-state index in [4.69, 9.17) is 9.15 Å². The van der Waals surface area contributed by atoms with Crippen LogP contribution in [0.25, 0.3) is 0 Å². The highest BCUT2D eigenvalue weighted by atomic mass is 16.5. The highest BCUT2D eigenvalue weighted by molar-refractivity contribution is 5.93. The van der Waals surface area contributed by atoms with Crippen LogP contribution in [0.3, 0.4) is 0 Å². The van der Waals surface area contributed by atoms with Gasteiger partial charge in [0.2, 0.25) is 5.76 Å². The largest absolute Gasteiger partial charge is 0.435 e. The van der Waals surface area contributed by atoms with E-state index in [1.54, 1.807) is 0 Å². The average Bonchev–Trinajstić information content (AvgIpc) is 3.28. The molecule has 1 aliphatic carbocycles. The van der Waals surface area contributed by atoms with Crippen molar-refractivity contribution in [2.75, 3.05) is 19.8 Å². The van der Waals surface area contributed by atoms with Crippen molar-refractivity contribution in [1.82, 2.24) is 20.1 Å². The summed E-state index contributed by atoms with van der Waals surface area (Å²) < 4.78 is 11.4. The number of aromatic nitrogens is 3. The molecule has 24 heavy (non-hydrogen) atoms. The molecule has 4 rings (SSSR count). The molecule has 7 nitrogen and oxygen atoms in total. The molecular formula is C17H22N4O3. The van der Waals surface area contributed by atoms with Gasteiger partial charge in [0.05, 0.1) is 30.6 Å². The molecule has 2 fully saturated rings. The number of amides is 1. The minimum absolute atomic E-state index is 0.111. The predicted molar refractivity (Wildman–Crippen MR) is 85.9 cm³/mol. The highest BCUT2D eigenvalue weighted by Crippen LogP contribution is 2.40. The van der Waals surface area contributed by atoms with Crippen molar-refractivity contribution in [2.24, 2.45) is 0 Å². The Morgan fingerprint density at radius 3 is 2.71 bits per heavy atom. The lowest BCUT2D eigenvalue weighted by atomic mass is 10.0. The first-order valence-corrected chi connectivity index (χ1v) is 8.43. The fourth-order valence-electron chi connectivity index (χ4n) is 3.39. The summed E-state index contributed by atoms with van der Waals surface area (Å²) in [7, 11) is 0. The number of rotatable bonds is 3. The molecule has 1 aliphatic heterocycles. The van der Waals surface area contributed by atoms with E-state index in [1.165, 1.54) is 0 Å². The fraction of sp³-hybridized carbons (Fsp3) is 0.588. The number of hydrogen-bond donors (Lipinski definition) is 1. The number of H-pyrrole nitrogens is 1. The van der Waals surface area contributed by atoms with E-state index in [1.807, 2.05) is 25.7 Å². The topological polar surface area (TPSA) is 84.2 Å². The molecule has 0 spiro atoms. The number of nitrogens with one attached hydrogen (secondary N) is 1. The first-order chi connectivity index (χ1) is 11.6. The summed E-state index contributed by atoms with van der Waals surface area (Å²) in [4.78, 5) is 19.4. The molecule has 2 aromatic heterocycles. The molecule has 2 aliphatic rings. The fourth-order valence-corrected chi connectivity index (χ4v) is 3.39. The maximum absolute atomic E-state index is 13.1. The van der Waals surface area contributed by atoms with Gasteiger partial charge in [-0.25, -0.2) is 4.98 Å². The number of ether oxygens (including phenoxy) is 1.